The van der Waals surface area contributed by atoms with Crippen molar-refractivity contribution in [3.8, 4) is 23.0 Å². The first kappa shape index (κ1) is 87.6. The lowest BCUT2D eigenvalue weighted by Crippen LogP contribution is -2.47. The number of benzene rings is 6. The van der Waals surface area contributed by atoms with Crippen molar-refractivity contribution < 1.29 is 45.7 Å². The maximum absolute atomic E-state index is 14.1. The number of aromatic nitrogens is 4. The third-order valence-corrected chi connectivity index (χ3v) is 30.8. The number of thioether (sulfide) groups is 2. The van der Waals surface area contributed by atoms with Crippen LogP contribution < -0.4 is 28.7 Å². The number of ether oxygens (including phenoxy) is 2. The van der Waals surface area contributed by atoms with Gasteiger partial charge >= 0.3 is 0 Å². The number of nitro benzene ring substituents is 2. The Labute approximate surface area is 741 Å². The third kappa shape index (κ3) is 20.6. The number of nitrogens with zero attached hydrogens (tertiary/aromatic N) is 9. The van der Waals surface area contributed by atoms with Crippen LogP contribution in [0.25, 0.3) is 33.2 Å². The third-order valence-electron chi connectivity index (χ3n) is 25.1. The second-order valence-electron chi connectivity index (χ2n) is 35.3. The SMILES string of the molecule is CC1(C)CCC(CN2CCN(c3ccc(C(=O)NS(=O)(=O)c4cc5c(c([N+](=O)[O-])c4)C[C@@H](CN4CCCCC4)CS5)c(Oc4cnc5[nH]ccc5c4)c3)CC2)=C(c2ccc(Cl)cc2)C1.CCC[C@@H]1CSc2cc(S(=O)(=O)NC(=O)c3ccc(N4CCN(CC5=C(c6ccc(Cl)cc6)CC(C)(C)CC5)CC4)cc3Oc3cnc4[nH]ccc4c3)cc([N+](=O)[O-])c2C1. The molecule has 4 N–H and O–H groups in total. The van der Waals surface area contributed by atoms with Gasteiger partial charge in [-0.2, -0.15) is 0 Å². The van der Waals surface area contributed by atoms with Crippen molar-refractivity contribution in [2.75, 3.05) is 106 Å². The quantitative estimate of drug-likeness (QED) is 0.0323. The number of anilines is 2. The summed E-state index contributed by atoms with van der Waals surface area (Å²) in [7, 11) is -9.07. The molecular formula is C93H103Cl2N13O12S4. The van der Waals surface area contributed by atoms with E-state index in [1.807, 2.05) is 42.5 Å². The Morgan fingerprint density at radius 3 is 1.40 bits per heavy atom. The normalized spacial score (nSPS) is 19.0. The molecule has 9 heterocycles. The number of halogens is 2. The average Bonchev–Trinajstić information content (AvgIpc) is 0.817. The minimum Gasteiger partial charge on any atom is -0.455 e. The van der Waals surface area contributed by atoms with E-state index in [0.29, 0.717) is 56.6 Å². The standard InChI is InChI=1S/C48H54ClN7O6S2.C45H49ClN6O6S2/c1-48(2)14-12-35(42(27-48)33-6-8-36(49)9-7-33)30-54-18-20-55(21-19-54)37-10-11-40(44(24-37)62-38-23-34-13-15-50-46(34)51-28-38)47(57)52-64(60,61)39-25-43(56(58)59)41-22-32(31-63-45(41)26-39)29-53-16-4-3-5-17-53;1-4-5-29-20-38-40(52(54)55)23-36(24-42(38)59-28-29)60(56,57)49-44(53)37-11-10-34(22-41(37)58-35-21-31-13-15-47-43(31)48-26-35)51-18-16-50(17-19-51)27-32-12-14-45(2,3)25-39(32)30-6-8-33(46)9-7-30/h6-11,13,15,23-26,28,32H,3-5,12,14,16-22,27,29-31H2,1-2H3,(H,50,51)(H,52,57);6-11,13,15,21-24,26,29H,4-5,12,14,16-20,25,27-28H2,1-3H3,(H,47,48)(H,49,53)/t32-;29-/m00/s1. The van der Waals surface area contributed by atoms with Gasteiger partial charge in [-0.15, -0.1) is 23.5 Å². The van der Waals surface area contributed by atoms with Crippen LogP contribution in [0.1, 0.15) is 148 Å². The molecule has 124 heavy (non-hydrogen) atoms. The Hall–Kier alpha value is -9.82. The fraction of sp³-hybridized carbons (Fsp3) is 0.398. The van der Waals surface area contributed by atoms with E-state index in [9.17, 15) is 46.7 Å². The molecular weight excluding hydrogens is 1690 g/mol. The fourth-order valence-corrected chi connectivity index (χ4v) is 23.2. The monoisotopic (exact) mass is 1790 g/mol. The van der Waals surface area contributed by atoms with Gasteiger partial charge in [0.2, 0.25) is 0 Å². The van der Waals surface area contributed by atoms with Gasteiger partial charge in [0.1, 0.15) is 34.3 Å². The van der Waals surface area contributed by atoms with Crippen LogP contribution >= 0.6 is 46.7 Å². The highest BCUT2D eigenvalue weighted by Gasteiger charge is 2.38. The number of aromatic amines is 2. The summed E-state index contributed by atoms with van der Waals surface area (Å²) in [6.07, 6.45) is 19.5. The van der Waals surface area contributed by atoms with E-state index in [2.05, 4.69) is 113 Å². The van der Waals surface area contributed by atoms with Crippen molar-refractivity contribution in [1.82, 2.24) is 44.1 Å². The molecule has 4 aromatic heterocycles. The van der Waals surface area contributed by atoms with Gasteiger partial charge in [0.05, 0.1) is 43.2 Å². The molecule has 0 radical (unpaired) electrons. The molecule has 2 aliphatic carbocycles. The molecule has 17 rings (SSSR count). The summed E-state index contributed by atoms with van der Waals surface area (Å²) in [6, 6.07) is 39.0. The molecule has 650 valence electrons. The number of nitrogens with one attached hydrogen (secondary N) is 4. The van der Waals surface area contributed by atoms with Crippen molar-refractivity contribution in [1.29, 1.82) is 0 Å². The van der Waals surface area contributed by atoms with Crippen molar-refractivity contribution >= 4 is 135 Å². The molecule has 3 saturated heterocycles. The molecule has 0 saturated carbocycles. The zero-order valence-electron chi connectivity index (χ0n) is 70.3. The predicted octanol–water partition coefficient (Wildman–Crippen LogP) is 19.5. The van der Waals surface area contributed by atoms with Gasteiger partial charge in [-0.1, -0.05) is 106 Å². The van der Waals surface area contributed by atoms with E-state index < -0.39 is 41.7 Å². The van der Waals surface area contributed by atoms with E-state index in [4.69, 9.17) is 32.7 Å². The number of piperidine rings is 1. The lowest BCUT2D eigenvalue weighted by atomic mass is 9.72. The molecule has 0 spiro atoms. The van der Waals surface area contributed by atoms with Crippen LogP contribution in [0.2, 0.25) is 10.0 Å². The van der Waals surface area contributed by atoms with Gasteiger partial charge in [0.15, 0.2) is 0 Å². The molecule has 0 unspecified atom stereocenters. The van der Waals surface area contributed by atoms with Crippen molar-refractivity contribution in [3.05, 3.63) is 233 Å². The number of sulfonamides is 2. The second kappa shape index (κ2) is 37.4. The van der Waals surface area contributed by atoms with Gasteiger partial charge in [0.25, 0.3) is 43.2 Å². The second-order valence-corrected chi connectivity index (χ2v) is 41.6. The van der Waals surface area contributed by atoms with Gasteiger partial charge in [-0.25, -0.2) is 36.2 Å². The topological polar surface area (TPSA) is 305 Å². The lowest BCUT2D eigenvalue weighted by molar-refractivity contribution is -0.386. The van der Waals surface area contributed by atoms with Gasteiger partial charge < -0.3 is 34.1 Å². The molecule has 2 amide bonds. The number of hydrogen-bond acceptors (Lipinski definition) is 21. The van der Waals surface area contributed by atoms with Crippen LogP contribution in [0.5, 0.6) is 23.0 Å². The number of amides is 2. The summed E-state index contributed by atoms with van der Waals surface area (Å²) >= 11 is 15.4. The lowest BCUT2D eigenvalue weighted by Gasteiger charge is -2.39. The molecule has 2 atom stereocenters. The molecule has 31 heteroatoms. The van der Waals surface area contributed by atoms with Crippen molar-refractivity contribution in [2.45, 2.75) is 138 Å². The maximum atomic E-state index is 14.1. The summed E-state index contributed by atoms with van der Waals surface area (Å²) in [6.45, 7) is 22.4. The Kier molecular flexibility index (Phi) is 26.4. The zero-order valence-corrected chi connectivity index (χ0v) is 75.1. The number of likely N-dealkylation sites (tertiary alicyclic amines) is 1. The molecule has 5 aliphatic heterocycles. The van der Waals surface area contributed by atoms with Crippen LogP contribution in [0, 0.1) is 42.9 Å². The minimum atomic E-state index is -4.55. The Morgan fingerprint density at radius 2 is 0.968 bits per heavy atom. The highest BCUT2D eigenvalue weighted by Crippen LogP contribution is 2.48. The number of carbonyl (C=O) groups excluding carboxylic acids is 2. The van der Waals surface area contributed by atoms with Gasteiger partial charge in [-0.3, -0.25) is 39.6 Å². The first-order chi connectivity index (χ1) is 59.5. The van der Waals surface area contributed by atoms with Gasteiger partial charge in [-0.05, 0) is 214 Å². The molecule has 7 aliphatic rings. The number of hydrogen-bond donors (Lipinski definition) is 4. The predicted molar refractivity (Wildman–Crippen MR) is 491 cm³/mol. The summed E-state index contributed by atoms with van der Waals surface area (Å²) in [4.78, 5) is 79.0. The first-order valence-electron chi connectivity index (χ1n) is 42.7. The van der Waals surface area contributed by atoms with E-state index >= 15 is 0 Å². The Morgan fingerprint density at radius 1 is 0.540 bits per heavy atom. The Balaban J connectivity index is 0.000000184. The smallest absolute Gasteiger partial charge is 0.275 e. The number of fused-ring (bicyclic) bond motifs is 4. The van der Waals surface area contributed by atoms with E-state index in [-0.39, 0.29) is 66.5 Å². The number of rotatable bonds is 24. The maximum Gasteiger partial charge on any atom is 0.275 e. The number of pyridine rings is 2. The molecule has 6 aromatic carbocycles. The first-order valence-corrected chi connectivity index (χ1v) is 48.3. The fourth-order valence-electron chi connectivity index (χ4n) is 18.3. The van der Waals surface area contributed by atoms with E-state index in [1.54, 1.807) is 61.1 Å². The van der Waals surface area contributed by atoms with Crippen LogP contribution in [-0.4, -0.2) is 170 Å². The molecule has 25 nitrogen and oxygen atoms in total. The van der Waals surface area contributed by atoms with Crippen LogP contribution in [0.3, 0.4) is 0 Å². The molecule has 0 bridgehead atoms. The summed E-state index contributed by atoms with van der Waals surface area (Å²) < 4.78 is 72.7. The van der Waals surface area contributed by atoms with Crippen LogP contribution in [0.4, 0.5) is 22.7 Å². The highest BCUT2D eigenvalue weighted by molar-refractivity contribution is 7.99. The Bertz CT molecular complexity index is 6020. The highest BCUT2D eigenvalue weighted by atomic mass is 35.5. The van der Waals surface area contributed by atoms with E-state index in [1.165, 1.54) is 81.7 Å². The largest absolute Gasteiger partial charge is 0.455 e. The van der Waals surface area contributed by atoms with Crippen LogP contribution in [0.15, 0.2) is 189 Å². The number of piperazine rings is 2. The van der Waals surface area contributed by atoms with Crippen LogP contribution in [-0.2, 0) is 32.9 Å². The average molecular weight is 1790 g/mol. The molecule has 3 fully saturated rings. The summed E-state index contributed by atoms with van der Waals surface area (Å²) in [5.41, 5.74) is 12.3. The number of allylic oxidation sites excluding steroid dienone is 2. The summed E-state index contributed by atoms with van der Waals surface area (Å²) in [5.74, 6) is 1.14. The molecule has 10 aromatic rings. The number of carbonyl (C=O) groups is 2. The zero-order chi connectivity index (χ0) is 86.8. The number of H-pyrrole nitrogens is 2. The number of nitro groups is 2. The minimum absolute atomic E-state index is 0.00981. The van der Waals surface area contributed by atoms with Crippen molar-refractivity contribution in [2.24, 2.45) is 22.7 Å². The summed E-state index contributed by atoms with van der Waals surface area (Å²) in [5, 5.41) is 27.7. The van der Waals surface area contributed by atoms with E-state index in [0.717, 1.165) is 205 Å². The van der Waals surface area contributed by atoms with Gasteiger partial charge in [0, 0.05) is 173 Å². The van der Waals surface area contributed by atoms with Crippen molar-refractivity contribution in [3.63, 3.8) is 0 Å².